The Hall–Kier alpha value is -2.52. The van der Waals surface area contributed by atoms with E-state index in [1.807, 2.05) is 13.1 Å². The summed E-state index contributed by atoms with van der Waals surface area (Å²) in [5.41, 5.74) is 5.79. The van der Waals surface area contributed by atoms with E-state index < -0.39 is 0 Å². The fourth-order valence-electron chi connectivity index (χ4n) is 6.72. The number of nitrogens with one attached hydrogen (secondary N) is 1. The number of carbonyl (C=O) groups is 1. The van der Waals surface area contributed by atoms with Crippen molar-refractivity contribution in [1.82, 2.24) is 23.4 Å². The molecule has 214 valence electrons. The molecule has 2 aliphatic heterocycles. The number of amides is 1. The maximum absolute atomic E-state index is 13.4. The van der Waals surface area contributed by atoms with Crippen LogP contribution in [-0.4, -0.2) is 84.0 Å². The van der Waals surface area contributed by atoms with Gasteiger partial charge in [0.25, 0.3) is 5.91 Å². The summed E-state index contributed by atoms with van der Waals surface area (Å²) in [4.78, 5) is 18.3. The molecular weight excluding hydrogens is 518 g/mol. The van der Waals surface area contributed by atoms with Crippen LogP contribution < -0.4 is 9.46 Å². The number of carbonyl (C=O) groups excluding carboxylic acids is 1. The number of para-hydroxylation sites is 1. The zero-order chi connectivity index (χ0) is 27.6. The maximum atomic E-state index is 13.4. The second-order valence-electron chi connectivity index (χ2n) is 11.7. The van der Waals surface area contributed by atoms with Gasteiger partial charge in [-0.2, -0.15) is 0 Å². The van der Waals surface area contributed by atoms with Gasteiger partial charge < -0.3 is 14.2 Å². The fourth-order valence-corrected chi connectivity index (χ4v) is 7.25. The summed E-state index contributed by atoms with van der Waals surface area (Å²) in [5.74, 6) is 1.44. The second kappa shape index (κ2) is 12.1. The minimum Gasteiger partial charge on any atom is -0.491 e. The van der Waals surface area contributed by atoms with Crippen LogP contribution in [0.1, 0.15) is 60.9 Å². The van der Waals surface area contributed by atoms with Crippen LogP contribution in [0.5, 0.6) is 5.75 Å². The monoisotopic (exact) mass is 561 g/mol. The highest BCUT2D eigenvalue weighted by Crippen LogP contribution is 2.47. The number of hydrogen-bond acceptors (Lipinski definition) is 6. The molecule has 7 nitrogen and oxygen atoms in total. The van der Waals surface area contributed by atoms with Crippen LogP contribution in [0.2, 0.25) is 0 Å². The number of benzene rings is 2. The molecule has 1 N–H and O–H groups in total. The van der Waals surface area contributed by atoms with Crippen molar-refractivity contribution in [2.45, 2.75) is 57.5 Å². The third kappa shape index (κ3) is 5.51. The fraction of sp³-hybridized carbons (Fsp3) is 0.531. The lowest BCUT2D eigenvalue weighted by Gasteiger charge is -2.34. The Labute approximate surface area is 243 Å². The highest BCUT2D eigenvalue weighted by atomic mass is 32.2. The molecule has 6 rings (SSSR count). The molecule has 0 radical (unpaired) electrons. The first-order valence-corrected chi connectivity index (χ1v) is 15.8. The van der Waals surface area contributed by atoms with Gasteiger partial charge >= 0.3 is 0 Å². The highest BCUT2D eigenvalue weighted by molar-refractivity contribution is 7.95. The van der Waals surface area contributed by atoms with E-state index in [-0.39, 0.29) is 11.9 Å². The molecule has 3 aromatic rings. The lowest BCUT2D eigenvalue weighted by atomic mass is 9.81. The van der Waals surface area contributed by atoms with Crippen molar-refractivity contribution < 1.29 is 9.53 Å². The van der Waals surface area contributed by atoms with E-state index in [1.165, 1.54) is 72.0 Å². The average Bonchev–Trinajstić information content (AvgIpc) is 3.29. The molecule has 3 aliphatic rings. The van der Waals surface area contributed by atoms with Gasteiger partial charge in [0.05, 0.1) is 11.7 Å². The second-order valence-corrected chi connectivity index (χ2v) is 12.7. The van der Waals surface area contributed by atoms with Crippen molar-refractivity contribution in [3.8, 4) is 17.0 Å². The van der Waals surface area contributed by atoms with Crippen molar-refractivity contribution >= 4 is 28.9 Å². The predicted octanol–water partition coefficient (Wildman–Crippen LogP) is 5.61. The zero-order valence-corrected chi connectivity index (χ0v) is 25.0. The van der Waals surface area contributed by atoms with Gasteiger partial charge in [-0.25, -0.2) is 4.31 Å². The van der Waals surface area contributed by atoms with Gasteiger partial charge in [-0.15, -0.1) is 0 Å². The number of aromatic nitrogens is 1. The van der Waals surface area contributed by atoms with Crippen LogP contribution in [0.4, 0.5) is 0 Å². The molecule has 1 amide bonds. The third-order valence-electron chi connectivity index (χ3n) is 9.21. The largest absolute Gasteiger partial charge is 0.491 e. The van der Waals surface area contributed by atoms with E-state index in [0.717, 1.165) is 45.0 Å². The Morgan fingerprint density at radius 1 is 1.00 bits per heavy atom. The minimum absolute atomic E-state index is 0.0452. The van der Waals surface area contributed by atoms with Crippen LogP contribution in [0, 0.1) is 0 Å². The lowest BCUT2D eigenvalue weighted by molar-refractivity contribution is 0.0983. The maximum Gasteiger partial charge on any atom is 0.262 e. The Morgan fingerprint density at radius 3 is 2.62 bits per heavy atom. The van der Waals surface area contributed by atoms with Crippen molar-refractivity contribution in [2.75, 3.05) is 53.4 Å². The zero-order valence-electron chi connectivity index (χ0n) is 24.2. The Kier molecular flexibility index (Phi) is 8.40. The topological polar surface area (TPSA) is 53.0 Å². The third-order valence-corrected chi connectivity index (χ3v) is 9.98. The number of hydrogen-bond donors (Lipinski definition) is 1. The number of likely N-dealkylation sites (N-methyl/N-ethyl adjacent to an activating group) is 3. The molecule has 1 fully saturated rings. The molecule has 3 heterocycles. The quantitative estimate of drug-likeness (QED) is 0.411. The molecule has 4 bridgehead atoms. The molecule has 0 spiro atoms. The molecule has 0 saturated heterocycles. The van der Waals surface area contributed by atoms with E-state index in [0.29, 0.717) is 18.1 Å². The van der Waals surface area contributed by atoms with Gasteiger partial charge in [0.2, 0.25) is 0 Å². The minimum atomic E-state index is -0.0452. The number of rotatable bonds is 2. The number of fused-ring (bicyclic) bond motifs is 4. The van der Waals surface area contributed by atoms with Crippen molar-refractivity contribution in [1.29, 1.82) is 0 Å². The normalized spacial score (nSPS) is 22.6. The molecular formula is C32H43N5O2S. The Morgan fingerprint density at radius 2 is 1.80 bits per heavy atom. The van der Waals surface area contributed by atoms with Crippen LogP contribution >= 0.6 is 12.1 Å². The van der Waals surface area contributed by atoms with Gasteiger partial charge in [-0.3, -0.25) is 14.4 Å². The standard InChI is InChI=1S/C32H43N5O2S/c1-4-36-18-16-34(2)25-21-37-28-20-24(32(38)33-40-35(3)17-19-36)14-15-26(28)30(23-10-6-5-7-11-23)31(37)27-12-8-9-13-29(27)39-22-25/h8-9,12-15,20,23,25H,4-7,10-11,16-19,21-22H2,1-3H3,(H,33,38)/t25-/m1/s1. The van der Waals surface area contributed by atoms with Crippen LogP contribution in [0.25, 0.3) is 22.2 Å². The first-order chi connectivity index (χ1) is 19.5. The van der Waals surface area contributed by atoms with Crippen molar-refractivity contribution in [3.63, 3.8) is 0 Å². The summed E-state index contributed by atoms with van der Waals surface area (Å²) in [6.07, 6.45) is 6.31. The predicted molar refractivity (Wildman–Crippen MR) is 165 cm³/mol. The van der Waals surface area contributed by atoms with E-state index in [9.17, 15) is 4.79 Å². The lowest BCUT2D eigenvalue weighted by Crippen LogP contribution is -2.45. The van der Waals surface area contributed by atoms with E-state index >= 15 is 0 Å². The number of ether oxygens (including phenoxy) is 1. The van der Waals surface area contributed by atoms with E-state index in [1.54, 1.807) is 0 Å². The van der Waals surface area contributed by atoms with Gasteiger partial charge in [-0.1, -0.05) is 44.4 Å². The molecule has 8 heteroatoms. The first kappa shape index (κ1) is 27.6. The molecule has 1 atom stereocenters. The summed E-state index contributed by atoms with van der Waals surface area (Å²) in [6.45, 7) is 8.52. The summed E-state index contributed by atoms with van der Waals surface area (Å²) in [7, 11) is 4.29. The van der Waals surface area contributed by atoms with Gasteiger partial charge in [0, 0.05) is 66.9 Å². The molecule has 0 unspecified atom stereocenters. The Balaban J connectivity index is 1.53. The summed E-state index contributed by atoms with van der Waals surface area (Å²) >= 11 is 1.39. The van der Waals surface area contributed by atoms with Gasteiger partial charge in [0.15, 0.2) is 0 Å². The van der Waals surface area contributed by atoms with E-state index in [2.05, 4.69) is 73.8 Å². The average molecular weight is 562 g/mol. The number of nitrogens with zero attached hydrogens (tertiary/aromatic N) is 4. The molecule has 1 aliphatic carbocycles. The van der Waals surface area contributed by atoms with Crippen molar-refractivity contribution in [2.24, 2.45) is 0 Å². The SMILES string of the molecule is CCN1CCN(C)SNC(=O)c2ccc3c(C4CCCCC4)c4n(c3c2)C[C@H](COc2ccccc2-4)N(C)CC1. The van der Waals surface area contributed by atoms with Crippen LogP contribution in [0.15, 0.2) is 42.5 Å². The van der Waals surface area contributed by atoms with E-state index in [4.69, 9.17) is 4.74 Å². The first-order valence-electron chi connectivity index (χ1n) is 15.0. The summed E-state index contributed by atoms with van der Waals surface area (Å²) < 4.78 is 14.3. The van der Waals surface area contributed by atoms with Gasteiger partial charge in [-0.05, 0) is 69.2 Å². The molecule has 40 heavy (non-hydrogen) atoms. The van der Waals surface area contributed by atoms with Crippen LogP contribution in [0.3, 0.4) is 0 Å². The molecule has 1 aromatic heterocycles. The van der Waals surface area contributed by atoms with Crippen LogP contribution in [-0.2, 0) is 6.54 Å². The highest BCUT2D eigenvalue weighted by Gasteiger charge is 2.31. The van der Waals surface area contributed by atoms with Crippen molar-refractivity contribution in [3.05, 3.63) is 53.6 Å². The smallest absolute Gasteiger partial charge is 0.262 e. The summed E-state index contributed by atoms with van der Waals surface area (Å²) in [5, 5.41) is 1.29. The molecule has 2 aromatic carbocycles. The summed E-state index contributed by atoms with van der Waals surface area (Å²) in [6, 6.07) is 15.1. The van der Waals surface area contributed by atoms with Gasteiger partial charge in [0.1, 0.15) is 12.4 Å². The molecule has 1 saturated carbocycles. The Bertz CT molecular complexity index is 1350.